The Kier molecular flexibility index (Phi) is 6.62. The largest absolute Gasteiger partial charge is 0.351 e. The van der Waals surface area contributed by atoms with E-state index < -0.39 is 0 Å². The third-order valence-electron chi connectivity index (χ3n) is 3.70. The van der Waals surface area contributed by atoms with Crippen molar-refractivity contribution in [2.75, 3.05) is 5.75 Å². The van der Waals surface area contributed by atoms with E-state index in [0.29, 0.717) is 23.3 Å². The van der Waals surface area contributed by atoms with Crippen molar-refractivity contribution in [3.8, 4) is 11.4 Å². The second-order valence-electron chi connectivity index (χ2n) is 5.63. The molecule has 0 aliphatic carbocycles. The fraction of sp³-hybridized carbons (Fsp3) is 0.158. The molecule has 3 rings (SSSR count). The molecular weight excluding hydrogens is 382 g/mol. The molecular formula is C19H18ClN5OS. The third-order valence-corrected chi connectivity index (χ3v) is 4.92. The Bertz CT molecular complexity index is 912. The van der Waals surface area contributed by atoms with Crippen LogP contribution >= 0.6 is 23.4 Å². The number of hydrogen-bond donors (Lipinski definition) is 1. The highest BCUT2D eigenvalue weighted by Crippen LogP contribution is 2.23. The number of aromatic nitrogens is 4. The Morgan fingerprint density at radius 2 is 1.93 bits per heavy atom. The Balaban J connectivity index is 1.61. The number of hydrogen-bond acceptors (Lipinski definition) is 5. The fourth-order valence-electron chi connectivity index (χ4n) is 2.39. The molecule has 2 aromatic heterocycles. The summed E-state index contributed by atoms with van der Waals surface area (Å²) in [6.45, 7) is 4.80. The van der Waals surface area contributed by atoms with E-state index >= 15 is 0 Å². The number of halogens is 1. The summed E-state index contributed by atoms with van der Waals surface area (Å²) < 4.78 is 1.93. The molecule has 6 nitrogen and oxygen atoms in total. The van der Waals surface area contributed by atoms with E-state index in [1.165, 1.54) is 11.8 Å². The van der Waals surface area contributed by atoms with Crippen molar-refractivity contribution in [2.24, 2.45) is 0 Å². The summed E-state index contributed by atoms with van der Waals surface area (Å²) in [5.74, 6) is 0.897. The van der Waals surface area contributed by atoms with Crippen LogP contribution in [0, 0.1) is 0 Å². The number of carbonyl (C=O) groups is 1. The highest BCUT2D eigenvalue weighted by atomic mass is 35.5. The van der Waals surface area contributed by atoms with E-state index in [9.17, 15) is 4.79 Å². The van der Waals surface area contributed by atoms with Crippen LogP contribution in [0.15, 0.2) is 66.6 Å². The maximum atomic E-state index is 12.2. The van der Waals surface area contributed by atoms with Crippen LogP contribution in [-0.4, -0.2) is 31.4 Å². The molecule has 1 N–H and O–H groups in total. The number of nitrogens with zero attached hydrogens (tertiary/aromatic N) is 4. The van der Waals surface area contributed by atoms with E-state index in [1.807, 2.05) is 28.8 Å². The molecule has 0 radical (unpaired) electrons. The SMILES string of the molecule is C=CCn1c(SCC(=O)NCc2ccc(Cl)cc2)nnc1-c1ccncc1. The molecule has 0 saturated carbocycles. The van der Waals surface area contributed by atoms with Gasteiger partial charge in [-0.3, -0.25) is 14.3 Å². The van der Waals surface area contributed by atoms with Gasteiger partial charge in [0.15, 0.2) is 11.0 Å². The number of thioether (sulfide) groups is 1. The van der Waals surface area contributed by atoms with Crippen LogP contribution in [0.4, 0.5) is 0 Å². The zero-order valence-electron chi connectivity index (χ0n) is 14.5. The molecule has 0 saturated heterocycles. The number of benzene rings is 1. The van der Waals surface area contributed by atoms with Gasteiger partial charge >= 0.3 is 0 Å². The number of allylic oxidation sites excluding steroid dienone is 1. The molecule has 0 atom stereocenters. The third kappa shape index (κ3) is 5.18. The second-order valence-corrected chi connectivity index (χ2v) is 7.01. The summed E-state index contributed by atoms with van der Waals surface area (Å²) in [6.07, 6.45) is 5.19. The first kappa shape index (κ1) is 19.1. The maximum Gasteiger partial charge on any atom is 0.230 e. The molecule has 8 heteroatoms. The summed E-state index contributed by atoms with van der Waals surface area (Å²) in [6, 6.07) is 11.1. The Morgan fingerprint density at radius 1 is 1.19 bits per heavy atom. The van der Waals surface area contributed by atoms with Gasteiger partial charge in [0.25, 0.3) is 0 Å². The van der Waals surface area contributed by atoms with E-state index in [1.54, 1.807) is 30.6 Å². The summed E-state index contributed by atoms with van der Waals surface area (Å²) in [5.41, 5.74) is 1.91. The molecule has 138 valence electrons. The number of carbonyl (C=O) groups excluding carboxylic acids is 1. The van der Waals surface area contributed by atoms with E-state index in [0.717, 1.165) is 17.0 Å². The minimum atomic E-state index is -0.0754. The Morgan fingerprint density at radius 3 is 2.63 bits per heavy atom. The van der Waals surface area contributed by atoms with Crippen LogP contribution in [0.3, 0.4) is 0 Å². The quantitative estimate of drug-likeness (QED) is 0.463. The Labute approximate surface area is 166 Å². The summed E-state index contributed by atoms with van der Waals surface area (Å²) in [4.78, 5) is 16.2. The number of amides is 1. The lowest BCUT2D eigenvalue weighted by Crippen LogP contribution is -2.24. The number of pyridine rings is 1. The first-order valence-corrected chi connectivity index (χ1v) is 9.62. The highest BCUT2D eigenvalue weighted by Gasteiger charge is 2.14. The van der Waals surface area contributed by atoms with Gasteiger partial charge in [-0.15, -0.1) is 16.8 Å². The zero-order valence-corrected chi connectivity index (χ0v) is 16.1. The predicted octanol–water partition coefficient (Wildman–Crippen LogP) is 3.59. The highest BCUT2D eigenvalue weighted by molar-refractivity contribution is 7.99. The van der Waals surface area contributed by atoms with Crippen molar-refractivity contribution >= 4 is 29.3 Å². The van der Waals surface area contributed by atoms with Gasteiger partial charge in [0.1, 0.15) is 0 Å². The van der Waals surface area contributed by atoms with E-state index in [4.69, 9.17) is 11.6 Å². The molecule has 0 unspecified atom stereocenters. The van der Waals surface area contributed by atoms with Crippen LogP contribution < -0.4 is 5.32 Å². The molecule has 1 amide bonds. The van der Waals surface area contributed by atoms with E-state index in [-0.39, 0.29) is 11.7 Å². The van der Waals surface area contributed by atoms with Gasteiger partial charge in [0.05, 0.1) is 5.75 Å². The van der Waals surface area contributed by atoms with Crippen LogP contribution in [0.5, 0.6) is 0 Å². The average molecular weight is 400 g/mol. The van der Waals surface area contributed by atoms with Crippen LogP contribution in [0.2, 0.25) is 5.02 Å². The van der Waals surface area contributed by atoms with Crippen LogP contribution in [0.25, 0.3) is 11.4 Å². The van der Waals surface area contributed by atoms with Crippen molar-refractivity contribution < 1.29 is 4.79 Å². The minimum Gasteiger partial charge on any atom is -0.351 e. The molecule has 27 heavy (non-hydrogen) atoms. The average Bonchev–Trinajstić information content (AvgIpc) is 3.09. The van der Waals surface area contributed by atoms with Gasteiger partial charge in [-0.1, -0.05) is 41.6 Å². The summed E-state index contributed by atoms with van der Waals surface area (Å²) in [5, 5.41) is 12.7. The zero-order chi connectivity index (χ0) is 19.1. The minimum absolute atomic E-state index is 0.0754. The van der Waals surface area contributed by atoms with Crippen molar-refractivity contribution in [3.63, 3.8) is 0 Å². The van der Waals surface area contributed by atoms with Crippen molar-refractivity contribution in [2.45, 2.75) is 18.2 Å². The number of rotatable bonds is 8. The lowest BCUT2D eigenvalue weighted by Gasteiger charge is -2.08. The number of nitrogens with one attached hydrogen (secondary N) is 1. The van der Waals surface area contributed by atoms with Crippen molar-refractivity contribution in [1.82, 2.24) is 25.1 Å². The molecule has 1 aromatic carbocycles. The molecule has 0 aliphatic rings. The lowest BCUT2D eigenvalue weighted by molar-refractivity contribution is -0.118. The molecule has 3 aromatic rings. The van der Waals surface area contributed by atoms with Gasteiger partial charge in [0, 0.05) is 36.1 Å². The molecule has 0 spiro atoms. The maximum absolute atomic E-state index is 12.2. The standard InChI is InChI=1S/C19H18ClN5OS/c1-2-11-25-18(15-7-9-21-10-8-15)23-24-19(25)27-13-17(26)22-12-14-3-5-16(20)6-4-14/h2-10H,1,11-13H2,(H,22,26). The van der Waals surface area contributed by atoms with Crippen LogP contribution in [-0.2, 0) is 17.9 Å². The molecule has 2 heterocycles. The first-order chi connectivity index (χ1) is 13.2. The van der Waals surface area contributed by atoms with Gasteiger partial charge in [-0.05, 0) is 29.8 Å². The predicted molar refractivity (Wildman–Crippen MR) is 107 cm³/mol. The smallest absolute Gasteiger partial charge is 0.230 e. The molecule has 0 bridgehead atoms. The normalized spacial score (nSPS) is 10.6. The van der Waals surface area contributed by atoms with Gasteiger partial charge in [-0.2, -0.15) is 0 Å². The first-order valence-electron chi connectivity index (χ1n) is 8.26. The molecule has 0 fully saturated rings. The fourth-order valence-corrected chi connectivity index (χ4v) is 3.29. The second kappa shape index (κ2) is 9.34. The van der Waals surface area contributed by atoms with Crippen molar-refractivity contribution in [1.29, 1.82) is 0 Å². The summed E-state index contributed by atoms with van der Waals surface area (Å²) in [7, 11) is 0. The van der Waals surface area contributed by atoms with Gasteiger partial charge in [0.2, 0.25) is 5.91 Å². The van der Waals surface area contributed by atoms with E-state index in [2.05, 4.69) is 27.1 Å². The van der Waals surface area contributed by atoms with Crippen molar-refractivity contribution in [3.05, 3.63) is 72.0 Å². The monoisotopic (exact) mass is 399 g/mol. The topological polar surface area (TPSA) is 72.7 Å². The molecule has 0 aliphatic heterocycles. The Hall–Kier alpha value is -2.64. The van der Waals surface area contributed by atoms with Crippen LogP contribution in [0.1, 0.15) is 5.56 Å². The summed E-state index contributed by atoms with van der Waals surface area (Å²) >= 11 is 7.20. The van der Waals surface area contributed by atoms with Gasteiger partial charge in [-0.25, -0.2) is 0 Å². The van der Waals surface area contributed by atoms with Gasteiger partial charge < -0.3 is 5.32 Å². The lowest BCUT2D eigenvalue weighted by atomic mass is 10.2.